The van der Waals surface area contributed by atoms with Crippen molar-refractivity contribution in [3.8, 4) is 11.5 Å². The summed E-state index contributed by atoms with van der Waals surface area (Å²) in [6.07, 6.45) is 9.11. The molecular weight excluding hydrogens is 352 g/mol. The molecule has 5 rings (SSSR count). The van der Waals surface area contributed by atoms with Crippen molar-refractivity contribution >= 4 is 11.7 Å². The predicted molar refractivity (Wildman–Crippen MR) is 107 cm³/mol. The molecule has 3 aliphatic rings. The van der Waals surface area contributed by atoms with Crippen LogP contribution in [0.25, 0.3) is 0 Å². The van der Waals surface area contributed by atoms with E-state index < -0.39 is 5.41 Å². The number of fused-ring (bicyclic) bond motifs is 1. The number of allylic oxidation sites excluding steroid dienone is 4. The van der Waals surface area contributed by atoms with Crippen LogP contribution in [0.2, 0.25) is 0 Å². The SMILES string of the molecule is CC1=CCC(c2cccc(NC(=O)C3(c4ccc5c(c4)OCO5)CC3)n2)C=C1. The van der Waals surface area contributed by atoms with E-state index in [9.17, 15) is 4.79 Å². The number of aromatic nitrogens is 1. The van der Waals surface area contributed by atoms with Crippen LogP contribution in [0, 0.1) is 0 Å². The number of carbonyl (C=O) groups excluding carboxylic acids is 1. The molecule has 2 aromatic rings. The number of hydrogen-bond acceptors (Lipinski definition) is 4. The van der Waals surface area contributed by atoms with Crippen molar-refractivity contribution in [2.45, 2.75) is 37.5 Å². The molecule has 2 heterocycles. The Kier molecular flexibility index (Phi) is 3.97. The van der Waals surface area contributed by atoms with Gasteiger partial charge in [0, 0.05) is 11.6 Å². The minimum absolute atomic E-state index is 0.00839. The van der Waals surface area contributed by atoms with Gasteiger partial charge in [0.15, 0.2) is 11.5 Å². The highest BCUT2D eigenvalue weighted by molar-refractivity contribution is 6.01. The number of pyridine rings is 1. The summed E-state index contributed by atoms with van der Waals surface area (Å²) in [5.41, 5.74) is 2.73. The molecular formula is C23H22N2O3. The van der Waals surface area contributed by atoms with Crippen LogP contribution in [0.3, 0.4) is 0 Å². The Bertz CT molecular complexity index is 1000. The lowest BCUT2D eigenvalue weighted by molar-refractivity contribution is -0.118. The Morgan fingerprint density at radius 2 is 2.04 bits per heavy atom. The molecule has 5 heteroatoms. The number of benzene rings is 1. The first-order valence-electron chi connectivity index (χ1n) is 9.68. The summed E-state index contributed by atoms with van der Waals surface area (Å²) in [4.78, 5) is 17.8. The molecule has 0 spiro atoms. The molecule has 28 heavy (non-hydrogen) atoms. The molecule has 1 fully saturated rings. The van der Waals surface area contributed by atoms with Crippen LogP contribution in [0.1, 0.15) is 43.4 Å². The first kappa shape index (κ1) is 17.0. The predicted octanol–water partition coefficient (Wildman–Crippen LogP) is 4.47. The topological polar surface area (TPSA) is 60.5 Å². The molecule has 5 nitrogen and oxygen atoms in total. The van der Waals surface area contributed by atoms with Crippen molar-refractivity contribution in [3.63, 3.8) is 0 Å². The summed E-state index contributed by atoms with van der Waals surface area (Å²) in [5, 5.41) is 3.04. The molecule has 0 saturated heterocycles. The number of ether oxygens (including phenoxy) is 2. The van der Waals surface area contributed by atoms with Crippen LogP contribution in [-0.4, -0.2) is 17.7 Å². The monoisotopic (exact) mass is 374 g/mol. The minimum atomic E-state index is -0.497. The standard InChI is InChI=1S/C23H22N2O3/c1-15-5-7-16(8-6-15)18-3-2-4-21(24-18)25-22(26)23(11-12-23)17-9-10-19-20(13-17)28-14-27-19/h2-7,9-10,13,16H,8,11-12,14H2,1H3,(H,24,25,26). The van der Waals surface area contributed by atoms with Crippen molar-refractivity contribution in [1.82, 2.24) is 4.98 Å². The molecule has 0 bridgehead atoms. The lowest BCUT2D eigenvalue weighted by atomic mass is 9.93. The van der Waals surface area contributed by atoms with Gasteiger partial charge in [0.1, 0.15) is 5.82 Å². The van der Waals surface area contributed by atoms with Crippen LogP contribution in [-0.2, 0) is 10.2 Å². The molecule has 142 valence electrons. The third kappa shape index (κ3) is 2.97. The Balaban J connectivity index is 1.34. The average Bonchev–Trinajstić information content (AvgIpc) is 3.40. The fourth-order valence-corrected chi connectivity index (χ4v) is 3.88. The summed E-state index contributed by atoms with van der Waals surface area (Å²) < 4.78 is 10.9. The van der Waals surface area contributed by atoms with Gasteiger partial charge in [0.2, 0.25) is 12.7 Å². The van der Waals surface area contributed by atoms with Gasteiger partial charge in [-0.15, -0.1) is 0 Å². The average molecular weight is 374 g/mol. The zero-order chi connectivity index (χ0) is 19.1. The molecule has 1 unspecified atom stereocenters. The molecule has 0 radical (unpaired) electrons. The summed E-state index contributed by atoms with van der Waals surface area (Å²) in [6.45, 7) is 2.33. The van der Waals surface area contributed by atoms with Crippen molar-refractivity contribution in [2.75, 3.05) is 12.1 Å². The fraction of sp³-hybridized carbons (Fsp3) is 0.304. The van der Waals surface area contributed by atoms with Gasteiger partial charge in [0.25, 0.3) is 0 Å². The molecule has 1 amide bonds. The van der Waals surface area contributed by atoms with Crippen LogP contribution >= 0.6 is 0 Å². The van der Waals surface area contributed by atoms with Gasteiger partial charge in [0.05, 0.1) is 5.41 Å². The van der Waals surface area contributed by atoms with E-state index in [2.05, 4.69) is 30.5 Å². The van der Waals surface area contributed by atoms with E-state index in [4.69, 9.17) is 14.5 Å². The zero-order valence-electron chi connectivity index (χ0n) is 15.8. The zero-order valence-corrected chi connectivity index (χ0v) is 15.8. The Hall–Kier alpha value is -3.08. The molecule has 1 N–H and O–H groups in total. The van der Waals surface area contributed by atoms with Crippen LogP contribution < -0.4 is 14.8 Å². The van der Waals surface area contributed by atoms with Crippen LogP contribution in [0.5, 0.6) is 11.5 Å². The van der Waals surface area contributed by atoms with Gasteiger partial charge < -0.3 is 14.8 Å². The van der Waals surface area contributed by atoms with Gasteiger partial charge >= 0.3 is 0 Å². The number of amides is 1. The molecule has 2 aliphatic carbocycles. The Labute approximate surface area is 164 Å². The maximum atomic E-state index is 13.1. The Morgan fingerprint density at radius 3 is 2.82 bits per heavy atom. The highest BCUT2D eigenvalue weighted by Gasteiger charge is 2.51. The third-order valence-electron chi connectivity index (χ3n) is 5.79. The van der Waals surface area contributed by atoms with Gasteiger partial charge in [-0.05, 0) is 56.0 Å². The van der Waals surface area contributed by atoms with E-state index in [0.29, 0.717) is 11.6 Å². The number of nitrogens with one attached hydrogen (secondary N) is 1. The number of nitrogens with zero attached hydrogens (tertiary/aromatic N) is 1. The van der Waals surface area contributed by atoms with Crippen LogP contribution in [0.15, 0.2) is 60.2 Å². The summed E-state index contributed by atoms with van der Waals surface area (Å²) in [5.74, 6) is 2.30. The summed E-state index contributed by atoms with van der Waals surface area (Å²) in [6, 6.07) is 11.6. The quantitative estimate of drug-likeness (QED) is 0.858. The normalized spacial score (nSPS) is 21.2. The third-order valence-corrected chi connectivity index (χ3v) is 5.79. The number of anilines is 1. The maximum absolute atomic E-state index is 13.1. The minimum Gasteiger partial charge on any atom is -0.454 e. The molecule has 1 aromatic carbocycles. The van der Waals surface area contributed by atoms with E-state index in [1.165, 1.54) is 5.57 Å². The first-order valence-corrected chi connectivity index (χ1v) is 9.68. The molecule has 1 saturated carbocycles. The summed E-state index contributed by atoms with van der Waals surface area (Å²) >= 11 is 0. The number of carbonyl (C=O) groups is 1. The highest BCUT2D eigenvalue weighted by Crippen LogP contribution is 2.51. The highest BCUT2D eigenvalue weighted by atomic mass is 16.7. The van der Waals surface area contributed by atoms with E-state index in [1.54, 1.807) is 0 Å². The van der Waals surface area contributed by atoms with E-state index in [1.807, 2.05) is 36.4 Å². The summed E-state index contributed by atoms with van der Waals surface area (Å²) in [7, 11) is 0. The van der Waals surface area contributed by atoms with E-state index >= 15 is 0 Å². The largest absolute Gasteiger partial charge is 0.454 e. The lowest BCUT2D eigenvalue weighted by Crippen LogP contribution is -2.28. The van der Waals surface area contributed by atoms with E-state index in [0.717, 1.165) is 36.3 Å². The molecule has 1 atom stereocenters. The van der Waals surface area contributed by atoms with Crippen LogP contribution in [0.4, 0.5) is 5.82 Å². The van der Waals surface area contributed by atoms with Crippen molar-refractivity contribution in [2.24, 2.45) is 0 Å². The first-order chi connectivity index (χ1) is 13.6. The van der Waals surface area contributed by atoms with Crippen molar-refractivity contribution < 1.29 is 14.3 Å². The second-order valence-corrected chi connectivity index (χ2v) is 7.70. The molecule has 1 aliphatic heterocycles. The van der Waals surface area contributed by atoms with E-state index in [-0.39, 0.29) is 18.6 Å². The lowest BCUT2D eigenvalue weighted by Gasteiger charge is -2.18. The fourth-order valence-electron chi connectivity index (χ4n) is 3.88. The molecule has 1 aromatic heterocycles. The Morgan fingerprint density at radius 1 is 1.18 bits per heavy atom. The second kappa shape index (κ2) is 6.51. The van der Waals surface area contributed by atoms with Gasteiger partial charge in [-0.3, -0.25) is 4.79 Å². The van der Waals surface area contributed by atoms with Gasteiger partial charge in [-0.1, -0.05) is 35.9 Å². The van der Waals surface area contributed by atoms with Crippen molar-refractivity contribution in [1.29, 1.82) is 0 Å². The van der Waals surface area contributed by atoms with Gasteiger partial charge in [-0.2, -0.15) is 0 Å². The number of rotatable bonds is 4. The number of hydrogen-bond donors (Lipinski definition) is 1. The van der Waals surface area contributed by atoms with Crippen molar-refractivity contribution in [3.05, 3.63) is 71.5 Å². The van der Waals surface area contributed by atoms with Gasteiger partial charge in [-0.25, -0.2) is 4.98 Å². The second-order valence-electron chi connectivity index (χ2n) is 7.70. The smallest absolute Gasteiger partial charge is 0.236 e. The maximum Gasteiger partial charge on any atom is 0.236 e.